The summed E-state index contributed by atoms with van der Waals surface area (Å²) in [5.41, 5.74) is 0. The van der Waals surface area contributed by atoms with Crippen LogP contribution < -0.4 is 0 Å². The fourth-order valence-electron chi connectivity index (χ4n) is 2.29. The SMILES string of the molecule is COC(=O)C1(Cl)OC1C1CCCCC1. The molecular weight excluding hydrogens is 204 g/mol. The van der Waals surface area contributed by atoms with Gasteiger partial charge in [0.1, 0.15) is 6.10 Å². The molecule has 80 valence electrons. The van der Waals surface area contributed by atoms with Crippen LogP contribution in [0.3, 0.4) is 0 Å². The highest BCUT2D eigenvalue weighted by Gasteiger charge is 2.65. The summed E-state index contributed by atoms with van der Waals surface area (Å²) in [6, 6.07) is 0. The molecule has 2 aliphatic rings. The van der Waals surface area contributed by atoms with Crippen molar-refractivity contribution in [2.45, 2.75) is 43.3 Å². The smallest absolute Gasteiger partial charge is 0.356 e. The highest BCUT2D eigenvalue weighted by molar-refractivity contribution is 6.35. The van der Waals surface area contributed by atoms with E-state index in [1.807, 2.05) is 0 Å². The highest BCUT2D eigenvalue weighted by atomic mass is 35.5. The Bertz CT molecular complexity index is 238. The number of methoxy groups -OCH3 is 1. The van der Waals surface area contributed by atoms with Crippen LogP contribution in [0, 0.1) is 5.92 Å². The molecule has 14 heavy (non-hydrogen) atoms. The van der Waals surface area contributed by atoms with Crippen molar-refractivity contribution in [3.63, 3.8) is 0 Å². The van der Waals surface area contributed by atoms with Gasteiger partial charge in [-0.2, -0.15) is 0 Å². The maximum Gasteiger partial charge on any atom is 0.356 e. The topological polar surface area (TPSA) is 38.8 Å². The van der Waals surface area contributed by atoms with Crippen LogP contribution in [-0.2, 0) is 14.3 Å². The molecule has 2 atom stereocenters. The van der Waals surface area contributed by atoms with Crippen LogP contribution in [0.5, 0.6) is 0 Å². The van der Waals surface area contributed by atoms with E-state index in [2.05, 4.69) is 4.74 Å². The number of hydrogen-bond donors (Lipinski definition) is 0. The molecule has 0 amide bonds. The van der Waals surface area contributed by atoms with E-state index in [-0.39, 0.29) is 6.10 Å². The fourth-order valence-corrected chi connectivity index (χ4v) is 2.64. The van der Waals surface area contributed by atoms with Gasteiger partial charge in [0.25, 0.3) is 5.06 Å². The molecule has 2 unspecified atom stereocenters. The van der Waals surface area contributed by atoms with E-state index in [0.29, 0.717) is 5.92 Å². The van der Waals surface area contributed by atoms with Gasteiger partial charge in [0.15, 0.2) is 0 Å². The van der Waals surface area contributed by atoms with Crippen molar-refractivity contribution in [3.05, 3.63) is 0 Å². The lowest BCUT2D eigenvalue weighted by atomic mass is 9.86. The van der Waals surface area contributed by atoms with Gasteiger partial charge in [-0.05, 0) is 18.8 Å². The van der Waals surface area contributed by atoms with Crippen molar-refractivity contribution in [2.75, 3.05) is 7.11 Å². The minimum absolute atomic E-state index is 0.114. The molecular formula is C10H15ClO3. The van der Waals surface area contributed by atoms with Crippen LogP contribution in [0.25, 0.3) is 0 Å². The number of halogens is 1. The number of carbonyl (C=O) groups excluding carboxylic acids is 1. The molecule has 4 heteroatoms. The molecule has 1 saturated heterocycles. The summed E-state index contributed by atoms with van der Waals surface area (Å²) < 4.78 is 9.89. The predicted octanol–water partition coefficient (Wildman–Crippen LogP) is 2.07. The van der Waals surface area contributed by atoms with Crippen LogP contribution in [0.2, 0.25) is 0 Å². The Morgan fingerprint density at radius 2 is 2.07 bits per heavy atom. The Labute approximate surface area is 88.7 Å². The second-order valence-electron chi connectivity index (χ2n) is 4.07. The summed E-state index contributed by atoms with van der Waals surface area (Å²) in [7, 11) is 1.34. The minimum Gasteiger partial charge on any atom is -0.466 e. The first kappa shape index (κ1) is 10.2. The van der Waals surface area contributed by atoms with Crippen molar-refractivity contribution in [2.24, 2.45) is 5.92 Å². The molecule has 0 aromatic rings. The Hall–Kier alpha value is -0.280. The molecule has 2 fully saturated rings. The van der Waals surface area contributed by atoms with E-state index in [0.717, 1.165) is 12.8 Å². The predicted molar refractivity (Wildman–Crippen MR) is 52.0 cm³/mol. The largest absolute Gasteiger partial charge is 0.466 e. The zero-order valence-corrected chi connectivity index (χ0v) is 9.05. The summed E-state index contributed by atoms with van der Waals surface area (Å²) in [5, 5.41) is -1.16. The van der Waals surface area contributed by atoms with E-state index in [1.165, 1.54) is 26.4 Å². The van der Waals surface area contributed by atoms with E-state index in [4.69, 9.17) is 16.3 Å². The molecule has 0 aromatic carbocycles. The molecule has 0 bridgehead atoms. The third kappa shape index (κ3) is 1.63. The second-order valence-corrected chi connectivity index (χ2v) is 4.63. The number of alkyl halides is 1. The summed E-state index contributed by atoms with van der Waals surface area (Å²) in [5.74, 6) is -0.00455. The number of esters is 1. The Morgan fingerprint density at radius 1 is 1.43 bits per heavy atom. The number of hydrogen-bond acceptors (Lipinski definition) is 3. The van der Waals surface area contributed by atoms with Crippen LogP contribution in [0.1, 0.15) is 32.1 Å². The number of ether oxygens (including phenoxy) is 2. The standard InChI is InChI=1S/C10H15ClO3/c1-13-9(12)10(11)8(14-10)7-5-3-2-4-6-7/h7-8H,2-6H2,1H3. The summed E-state index contributed by atoms with van der Waals surface area (Å²) in [4.78, 5) is 11.3. The highest BCUT2D eigenvalue weighted by Crippen LogP contribution is 2.49. The Morgan fingerprint density at radius 3 is 2.64 bits per heavy atom. The zero-order valence-electron chi connectivity index (χ0n) is 8.29. The quantitative estimate of drug-likeness (QED) is 0.405. The van der Waals surface area contributed by atoms with E-state index < -0.39 is 11.0 Å². The van der Waals surface area contributed by atoms with Gasteiger partial charge in [-0.3, -0.25) is 0 Å². The second kappa shape index (κ2) is 3.70. The van der Waals surface area contributed by atoms with Gasteiger partial charge in [0.05, 0.1) is 7.11 Å². The van der Waals surface area contributed by atoms with Crippen LogP contribution in [0.4, 0.5) is 0 Å². The van der Waals surface area contributed by atoms with Crippen LogP contribution in [-0.4, -0.2) is 24.2 Å². The van der Waals surface area contributed by atoms with Crippen molar-refractivity contribution in [3.8, 4) is 0 Å². The summed E-state index contributed by atoms with van der Waals surface area (Å²) in [6.45, 7) is 0. The molecule has 1 aliphatic heterocycles. The molecule has 0 N–H and O–H groups in total. The van der Waals surface area contributed by atoms with Gasteiger partial charge >= 0.3 is 5.97 Å². The molecule has 1 aliphatic carbocycles. The number of carbonyl (C=O) groups is 1. The molecule has 1 heterocycles. The zero-order chi connectivity index (χ0) is 10.2. The average Bonchev–Trinajstić information content (AvgIpc) is 2.92. The lowest BCUT2D eigenvalue weighted by molar-refractivity contribution is -0.143. The molecule has 0 aromatic heterocycles. The van der Waals surface area contributed by atoms with Gasteiger partial charge in [-0.25, -0.2) is 4.79 Å². The minimum atomic E-state index is -1.16. The molecule has 0 spiro atoms. The van der Waals surface area contributed by atoms with Gasteiger partial charge in [-0.1, -0.05) is 30.9 Å². The van der Waals surface area contributed by atoms with E-state index >= 15 is 0 Å². The lowest BCUT2D eigenvalue weighted by Gasteiger charge is -2.19. The van der Waals surface area contributed by atoms with E-state index in [9.17, 15) is 4.79 Å². The molecule has 2 rings (SSSR count). The van der Waals surface area contributed by atoms with Crippen molar-refractivity contribution in [1.82, 2.24) is 0 Å². The molecule has 0 radical (unpaired) electrons. The van der Waals surface area contributed by atoms with Gasteiger partial charge in [0, 0.05) is 0 Å². The summed E-state index contributed by atoms with van der Waals surface area (Å²) >= 11 is 6.00. The molecule has 1 saturated carbocycles. The van der Waals surface area contributed by atoms with Gasteiger partial charge in [0.2, 0.25) is 0 Å². The van der Waals surface area contributed by atoms with Gasteiger partial charge in [-0.15, -0.1) is 0 Å². The maximum atomic E-state index is 11.3. The monoisotopic (exact) mass is 218 g/mol. The first-order valence-electron chi connectivity index (χ1n) is 5.13. The number of epoxide rings is 1. The third-order valence-electron chi connectivity index (χ3n) is 3.15. The first-order valence-corrected chi connectivity index (χ1v) is 5.51. The van der Waals surface area contributed by atoms with Crippen LogP contribution >= 0.6 is 11.6 Å². The average molecular weight is 219 g/mol. The van der Waals surface area contributed by atoms with Crippen molar-refractivity contribution >= 4 is 17.6 Å². The Kier molecular flexibility index (Phi) is 2.71. The normalized spacial score (nSPS) is 38.0. The maximum absolute atomic E-state index is 11.3. The lowest BCUT2D eigenvalue weighted by Crippen LogP contribution is -2.26. The fraction of sp³-hybridized carbons (Fsp3) is 0.900. The summed E-state index contributed by atoms with van der Waals surface area (Å²) in [6.07, 6.45) is 5.86. The van der Waals surface area contributed by atoms with Gasteiger partial charge < -0.3 is 9.47 Å². The number of rotatable bonds is 2. The Balaban J connectivity index is 1.93. The van der Waals surface area contributed by atoms with Crippen molar-refractivity contribution in [1.29, 1.82) is 0 Å². The third-order valence-corrected chi connectivity index (χ3v) is 3.61. The first-order chi connectivity index (χ1) is 6.68. The van der Waals surface area contributed by atoms with Crippen molar-refractivity contribution < 1.29 is 14.3 Å². The van der Waals surface area contributed by atoms with E-state index in [1.54, 1.807) is 0 Å². The van der Waals surface area contributed by atoms with Crippen LogP contribution in [0.15, 0.2) is 0 Å². The molecule has 3 nitrogen and oxygen atoms in total.